The van der Waals surface area contributed by atoms with Crippen molar-refractivity contribution in [3.05, 3.63) is 101 Å². The summed E-state index contributed by atoms with van der Waals surface area (Å²) < 4.78 is 1.98. The summed E-state index contributed by atoms with van der Waals surface area (Å²) in [4.78, 5) is 28.0. The molecular weight excluding hydrogens is 404 g/mol. The van der Waals surface area contributed by atoms with Crippen LogP contribution in [0.25, 0.3) is 11.0 Å². The molecule has 1 aromatic heterocycles. The highest BCUT2D eigenvalue weighted by atomic mass is 16.4. The summed E-state index contributed by atoms with van der Waals surface area (Å²) in [7, 11) is 1.92. The fraction of sp³-hybridized carbons (Fsp3) is 0.120. The van der Waals surface area contributed by atoms with Crippen molar-refractivity contribution in [1.82, 2.24) is 14.9 Å². The molecule has 0 aliphatic heterocycles. The Hall–Kier alpha value is -4.26. The van der Waals surface area contributed by atoms with Crippen molar-refractivity contribution in [3.63, 3.8) is 0 Å². The number of aryl methyl sites for hydroxylation is 3. The first-order chi connectivity index (χ1) is 15.4. The first kappa shape index (κ1) is 21.0. The minimum absolute atomic E-state index is 0.0509. The van der Waals surface area contributed by atoms with Gasteiger partial charge in [-0.25, -0.2) is 9.78 Å². The quantitative estimate of drug-likeness (QED) is 0.322. The SMILES string of the molecule is Cn1c(CCc2ccc(C(=N)NC(=O)c3ccccc3)cc2)nc2cc(C(=O)O)ccc21. The van der Waals surface area contributed by atoms with Gasteiger partial charge in [-0.15, -0.1) is 0 Å². The predicted molar refractivity (Wildman–Crippen MR) is 122 cm³/mol. The molecule has 0 aliphatic rings. The summed E-state index contributed by atoms with van der Waals surface area (Å²) in [5.41, 5.74) is 3.99. The molecule has 1 amide bonds. The van der Waals surface area contributed by atoms with Crippen molar-refractivity contribution < 1.29 is 14.7 Å². The Kier molecular flexibility index (Phi) is 5.81. The number of carboxylic acid groups (broad SMARTS) is 1. The van der Waals surface area contributed by atoms with Gasteiger partial charge >= 0.3 is 5.97 Å². The lowest BCUT2D eigenvalue weighted by molar-refractivity contribution is 0.0696. The molecule has 0 saturated carbocycles. The maximum Gasteiger partial charge on any atom is 0.335 e. The first-order valence-corrected chi connectivity index (χ1v) is 10.2. The van der Waals surface area contributed by atoms with Crippen LogP contribution in [0, 0.1) is 5.41 Å². The molecule has 0 radical (unpaired) electrons. The molecule has 3 N–H and O–H groups in total. The van der Waals surface area contributed by atoms with E-state index in [1.807, 2.05) is 41.9 Å². The van der Waals surface area contributed by atoms with E-state index in [1.165, 1.54) is 0 Å². The van der Waals surface area contributed by atoms with E-state index < -0.39 is 5.97 Å². The maximum absolute atomic E-state index is 12.2. The van der Waals surface area contributed by atoms with Crippen LogP contribution in [0.15, 0.2) is 72.8 Å². The van der Waals surface area contributed by atoms with Gasteiger partial charge < -0.3 is 15.0 Å². The summed E-state index contributed by atoms with van der Waals surface area (Å²) in [6.45, 7) is 0. The fourth-order valence-electron chi connectivity index (χ4n) is 3.55. The highest BCUT2D eigenvalue weighted by Gasteiger charge is 2.12. The standard InChI is InChI=1S/C25H22N4O3/c1-29-21-13-12-19(25(31)32)15-20(21)27-22(29)14-9-16-7-10-17(11-8-16)23(26)28-24(30)18-5-3-2-4-6-18/h2-8,10-13,15H,9,14H2,1H3,(H,31,32)(H2,26,28,30). The molecule has 32 heavy (non-hydrogen) atoms. The van der Waals surface area contributed by atoms with Gasteiger partial charge in [0.25, 0.3) is 5.91 Å². The van der Waals surface area contributed by atoms with E-state index in [-0.39, 0.29) is 17.3 Å². The summed E-state index contributed by atoms with van der Waals surface area (Å²) in [6, 6.07) is 21.3. The third kappa shape index (κ3) is 4.41. The summed E-state index contributed by atoms with van der Waals surface area (Å²) >= 11 is 0. The average Bonchev–Trinajstić information content (AvgIpc) is 3.13. The van der Waals surface area contributed by atoms with Crippen LogP contribution in [0.1, 0.15) is 37.7 Å². The number of nitrogens with zero attached hydrogens (tertiary/aromatic N) is 2. The molecule has 7 heteroatoms. The van der Waals surface area contributed by atoms with Crippen LogP contribution in [-0.4, -0.2) is 32.4 Å². The molecule has 1 heterocycles. The van der Waals surface area contributed by atoms with Crippen LogP contribution in [0.5, 0.6) is 0 Å². The second kappa shape index (κ2) is 8.85. The second-order valence-corrected chi connectivity index (χ2v) is 7.49. The minimum Gasteiger partial charge on any atom is -0.478 e. The maximum atomic E-state index is 12.2. The lowest BCUT2D eigenvalue weighted by Crippen LogP contribution is -2.30. The lowest BCUT2D eigenvalue weighted by Gasteiger charge is -2.08. The molecule has 0 unspecified atom stereocenters. The van der Waals surface area contributed by atoms with E-state index in [9.17, 15) is 9.59 Å². The van der Waals surface area contributed by atoms with Crippen molar-refractivity contribution in [1.29, 1.82) is 5.41 Å². The van der Waals surface area contributed by atoms with Crippen LogP contribution >= 0.6 is 0 Å². The molecular formula is C25H22N4O3. The van der Waals surface area contributed by atoms with Crippen molar-refractivity contribution >= 4 is 28.7 Å². The van der Waals surface area contributed by atoms with Crippen molar-refractivity contribution in [3.8, 4) is 0 Å². The molecule has 0 atom stereocenters. The number of nitrogens with one attached hydrogen (secondary N) is 2. The Balaban J connectivity index is 1.41. The second-order valence-electron chi connectivity index (χ2n) is 7.49. The van der Waals surface area contributed by atoms with Crippen molar-refractivity contribution in [2.24, 2.45) is 7.05 Å². The molecule has 3 aromatic carbocycles. The predicted octanol–water partition coefficient (Wildman–Crippen LogP) is 3.81. The zero-order valence-electron chi connectivity index (χ0n) is 17.5. The number of rotatable bonds is 6. The zero-order chi connectivity index (χ0) is 22.7. The van der Waals surface area contributed by atoms with Crippen molar-refractivity contribution in [2.45, 2.75) is 12.8 Å². The molecule has 4 rings (SSSR count). The fourth-order valence-corrected chi connectivity index (χ4v) is 3.55. The van der Waals surface area contributed by atoms with Crippen LogP contribution in [0.3, 0.4) is 0 Å². The topological polar surface area (TPSA) is 108 Å². The zero-order valence-corrected chi connectivity index (χ0v) is 17.5. The van der Waals surface area contributed by atoms with Crippen molar-refractivity contribution in [2.75, 3.05) is 0 Å². The largest absolute Gasteiger partial charge is 0.478 e. The Labute approximate surface area is 184 Å². The minimum atomic E-state index is -0.968. The van der Waals surface area contributed by atoms with E-state index in [2.05, 4.69) is 10.3 Å². The van der Waals surface area contributed by atoms with Crippen LogP contribution in [-0.2, 0) is 19.9 Å². The average molecular weight is 426 g/mol. The normalized spacial score (nSPS) is 10.8. The van der Waals surface area contributed by atoms with E-state index in [1.54, 1.807) is 42.5 Å². The molecule has 160 valence electrons. The number of amides is 1. The lowest BCUT2D eigenvalue weighted by atomic mass is 10.1. The van der Waals surface area contributed by atoms with E-state index >= 15 is 0 Å². The third-order valence-corrected chi connectivity index (χ3v) is 5.37. The van der Waals surface area contributed by atoms with Gasteiger partial charge in [-0.1, -0.05) is 42.5 Å². The van der Waals surface area contributed by atoms with Gasteiger partial charge in [0, 0.05) is 24.6 Å². The van der Waals surface area contributed by atoms with Crippen LogP contribution in [0.2, 0.25) is 0 Å². The Morgan fingerprint density at radius 1 is 0.938 bits per heavy atom. The number of aromatic nitrogens is 2. The van der Waals surface area contributed by atoms with Gasteiger partial charge in [0.1, 0.15) is 11.7 Å². The molecule has 0 aliphatic carbocycles. The highest BCUT2D eigenvalue weighted by Crippen LogP contribution is 2.18. The van der Waals surface area contributed by atoms with E-state index in [4.69, 9.17) is 10.5 Å². The highest BCUT2D eigenvalue weighted by molar-refractivity contribution is 6.11. The molecule has 0 spiro atoms. The molecule has 4 aromatic rings. The van der Waals surface area contributed by atoms with Gasteiger partial charge in [0.05, 0.1) is 16.6 Å². The smallest absolute Gasteiger partial charge is 0.335 e. The number of carboxylic acids is 1. The van der Waals surface area contributed by atoms with E-state index in [0.29, 0.717) is 23.1 Å². The number of carbonyl (C=O) groups excluding carboxylic acids is 1. The Morgan fingerprint density at radius 3 is 2.31 bits per heavy atom. The molecule has 0 fully saturated rings. The van der Waals surface area contributed by atoms with Crippen LogP contribution < -0.4 is 5.32 Å². The number of hydrogen-bond donors (Lipinski definition) is 3. The molecule has 0 saturated heterocycles. The number of hydrogen-bond acceptors (Lipinski definition) is 4. The summed E-state index contributed by atoms with van der Waals surface area (Å²) in [5, 5.41) is 19.9. The summed E-state index contributed by atoms with van der Waals surface area (Å²) in [5.74, 6) is -0.359. The third-order valence-electron chi connectivity index (χ3n) is 5.37. The molecule has 0 bridgehead atoms. The number of fused-ring (bicyclic) bond motifs is 1. The number of carbonyl (C=O) groups is 2. The number of aromatic carboxylic acids is 1. The van der Waals surface area contributed by atoms with Gasteiger partial charge in [0.2, 0.25) is 0 Å². The van der Waals surface area contributed by atoms with Crippen LogP contribution in [0.4, 0.5) is 0 Å². The number of benzene rings is 3. The monoisotopic (exact) mass is 426 g/mol. The molecule has 7 nitrogen and oxygen atoms in total. The Morgan fingerprint density at radius 2 is 1.62 bits per heavy atom. The number of imidazole rings is 1. The van der Waals surface area contributed by atoms with Gasteiger partial charge in [-0.2, -0.15) is 0 Å². The van der Waals surface area contributed by atoms with Gasteiger partial charge in [0.15, 0.2) is 0 Å². The van der Waals surface area contributed by atoms with E-state index in [0.717, 1.165) is 23.3 Å². The van der Waals surface area contributed by atoms with Gasteiger partial charge in [-0.05, 0) is 42.3 Å². The summed E-state index contributed by atoms with van der Waals surface area (Å²) in [6.07, 6.45) is 1.43. The van der Waals surface area contributed by atoms with Gasteiger partial charge in [-0.3, -0.25) is 10.2 Å². The number of amidine groups is 1. The first-order valence-electron chi connectivity index (χ1n) is 10.2. The Bertz CT molecular complexity index is 1310.